The molecule has 0 heterocycles. The predicted octanol–water partition coefficient (Wildman–Crippen LogP) is 7.30. The van der Waals surface area contributed by atoms with E-state index in [9.17, 15) is 24.0 Å². The summed E-state index contributed by atoms with van der Waals surface area (Å²) in [4.78, 5) is 59.9. The van der Waals surface area contributed by atoms with Gasteiger partial charge < -0.3 is 33.2 Å². The lowest BCUT2D eigenvalue weighted by molar-refractivity contribution is -0.138. The van der Waals surface area contributed by atoms with Gasteiger partial charge in [0.15, 0.2) is 0 Å². The summed E-state index contributed by atoms with van der Waals surface area (Å²) in [6.07, 6.45) is 5.36. The first kappa shape index (κ1) is 41.1. The van der Waals surface area contributed by atoms with Gasteiger partial charge in [0.05, 0.1) is 49.7 Å². The fourth-order valence-corrected chi connectivity index (χ4v) is 4.69. The topological polar surface area (TPSA) is 150 Å². The molecular formula is C43H42O12. The Balaban J connectivity index is 1.11. The Bertz CT molecular complexity index is 1880. The molecule has 0 saturated heterocycles. The molecule has 0 aromatic heterocycles. The zero-order valence-corrected chi connectivity index (χ0v) is 30.3. The first-order valence-electron chi connectivity index (χ1n) is 17.6. The van der Waals surface area contributed by atoms with Crippen molar-refractivity contribution in [1.29, 1.82) is 0 Å². The van der Waals surface area contributed by atoms with Crippen molar-refractivity contribution in [1.82, 2.24) is 0 Å². The van der Waals surface area contributed by atoms with Crippen molar-refractivity contribution in [2.75, 3.05) is 33.0 Å². The summed E-state index contributed by atoms with van der Waals surface area (Å²) in [6, 6.07) is 26.0. The summed E-state index contributed by atoms with van der Waals surface area (Å²) in [5.74, 6) is -0.707. The minimum Gasteiger partial charge on any atom is -0.494 e. The largest absolute Gasteiger partial charge is 0.494 e. The fourth-order valence-electron chi connectivity index (χ4n) is 4.69. The van der Waals surface area contributed by atoms with Crippen LogP contribution in [0.4, 0.5) is 0 Å². The summed E-state index contributed by atoms with van der Waals surface area (Å²) in [5, 5.41) is 0. The van der Waals surface area contributed by atoms with Crippen molar-refractivity contribution in [2.24, 2.45) is 0 Å². The number of hydrogen-bond donors (Lipinski definition) is 0. The molecule has 4 aromatic carbocycles. The highest BCUT2D eigenvalue weighted by molar-refractivity contribution is 5.92. The first-order valence-corrected chi connectivity index (χ1v) is 17.6. The zero-order chi connectivity index (χ0) is 39.3. The molecule has 286 valence electrons. The maximum Gasteiger partial charge on any atom is 0.343 e. The van der Waals surface area contributed by atoms with Crippen molar-refractivity contribution in [2.45, 2.75) is 32.1 Å². The van der Waals surface area contributed by atoms with Crippen molar-refractivity contribution in [3.8, 4) is 23.0 Å². The molecule has 0 aliphatic rings. The van der Waals surface area contributed by atoms with Crippen LogP contribution in [0.5, 0.6) is 23.0 Å². The molecule has 0 saturated carbocycles. The van der Waals surface area contributed by atoms with Gasteiger partial charge in [0.1, 0.15) is 23.0 Å². The van der Waals surface area contributed by atoms with Crippen LogP contribution >= 0.6 is 0 Å². The van der Waals surface area contributed by atoms with Gasteiger partial charge in [-0.25, -0.2) is 24.0 Å². The van der Waals surface area contributed by atoms with Gasteiger partial charge in [0, 0.05) is 18.6 Å². The number of hydrogen-bond acceptors (Lipinski definition) is 12. The first-order chi connectivity index (χ1) is 26.7. The van der Waals surface area contributed by atoms with E-state index in [0.29, 0.717) is 92.5 Å². The van der Waals surface area contributed by atoms with E-state index in [2.05, 4.69) is 13.2 Å². The van der Waals surface area contributed by atoms with E-state index in [0.717, 1.165) is 17.7 Å². The molecule has 4 rings (SSSR count). The SMILES string of the molecule is C=CC(=O)OCCCCOc1ccc(C(=O)Oc2ccc(CCOC(=O)c3ccc(OC(=O)c4ccc(OCCCCOC(=O)C=C)cc4)cc3)cc2)cc1. The highest BCUT2D eigenvalue weighted by atomic mass is 16.5. The second-order valence-electron chi connectivity index (χ2n) is 11.7. The van der Waals surface area contributed by atoms with Crippen LogP contribution in [0.25, 0.3) is 0 Å². The molecule has 0 bridgehead atoms. The van der Waals surface area contributed by atoms with Crippen LogP contribution in [0.2, 0.25) is 0 Å². The van der Waals surface area contributed by atoms with E-state index >= 15 is 0 Å². The Kier molecular flexibility index (Phi) is 16.7. The van der Waals surface area contributed by atoms with Crippen molar-refractivity contribution >= 4 is 29.8 Å². The number of esters is 5. The maximum atomic E-state index is 12.6. The van der Waals surface area contributed by atoms with Crippen molar-refractivity contribution in [3.05, 3.63) is 145 Å². The quantitative estimate of drug-likeness (QED) is 0.0261. The highest BCUT2D eigenvalue weighted by Crippen LogP contribution is 2.20. The van der Waals surface area contributed by atoms with E-state index in [1.807, 2.05) is 0 Å². The normalized spacial score (nSPS) is 10.3. The van der Waals surface area contributed by atoms with Crippen LogP contribution in [-0.4, -0.2) is 62.9 Å². The Labute approximate surface area is 319 Å². The Morgan fingerprint density at radius 2 is 0.782 bits per heavy atom. The Morgan fingerprint density at radius 3 is 1.20 bits per heavy atom. The molecule has 0 atom stereocenters. The van der Waals surface area contributed by atoms with E-state index in [1.54, 1.807) is 72.8 Å². The molecule has 0 unspecified atom stereocenters. The van der Waals surface area contributed by atoms with Gasteiger partial charge in [0.25, 0.3) is 0 Å². The molecular weight excluding hydrogens is 708 g/mol. The van der Waals surface area contributed by atoms with Gasteiger partial charge in [-0.15, -0.1) is 0 Å². The number of carbonyl (C=O) groups is 5. The molecule has 0 aliphatic heterocycles. The molecule has 0 radical (unpaired) electrons. The summed E-state index contributed by atoms with van der Waals surface area (Å²) in [6.45, 7) is 8.26. The van der Waals surface area contributed by atoms with E-state index < -0.39 is 29.8 Å². The molecule has 0 aliphatic carbocycles. The second kappa shape index (κ2) is 22.4. The van der Waals surface area contributed by atoms with Gasteiger partial charge in [-0.1, -0.05) is 25.3 Å². The predicted molar refractivity (Wildman–Crippen MR) is 201 cm³/mol. The fraction of sp³-hybridized carbons (Fsp3) is 0.233. The smallest absolute Gasteiger partial charge is 0.343 e. The average Bonchev–Trinajstić information content (AvgIpc) is 3.21. The van der Waals surface area contributed by atoms with Gasteiger partial charge in [0.2, 0.25) is 0 Å². The molecule has 0 amide bonds. The standard InChI is InChI=1S/C43H42O12/c1-3-39(44)51-28-7-5-26-49-35-19-11-33(12-20-35)42(47)54-37-17-9-31(10-18-37)25-30-53-41(46)32-15-23-38(24-16-32)55-43(48)34-13-21-36(22-14-34)50-27-6-8-29-52-40(45)4-2/h3-4,9-24H,1-2,5-8,25-30H2. The number of carbonyl (C=O) groups excluding carboxylic acids is 5. The molecule has 0 spiro atoms. The highest BCUT2D eigenvalue weighted by Gasteiger charge is 2.13. The lowest BCUT2D eigenvalue weighted by atomic mass is 10.1. The van der Waals surface area contributed by atoms with Gasteiger partial charge in [-0.05, 0) is 116 Å². The number of unbranched alkanes of at least 4 members (excludes halogenated alkanes) is 2. The summed E-state index contributed by atoms with van der Waals surface area (Å²) >= 11 is 0. The third-order valence-corrected chi connectivity index (χ3v) is 7.68. The number of rotatable bonds is 22. The monoisotopic (exact) mass is 750 g/mol. The zero-order valence-electron chi connectivity index (χ0n) is 30.3. The summed E-state index contributed by atoms with van der Waals surface area (Å²) in [7, 11) is 0. The van der Waals surface area contributed by atoms with E-state index in [-0.39, 0.29) is 12.4 Å². The van der Waals surface area contributed by atoms with Gasteiger partial charge in [-0.3, -0.25) is 0 Å². The second-order valence-corrected chi connectivity index (χ2v) is 11.7. The van der Waals surface area contributed by atoms with Crippen LogP contribution in [-0.2, 0) is 30.2 Å². The minimum atomic E-state index is -0.568. The van der Waals surface area contributed by atoms with Crippen LogP contribution in [0.1, 0.15) is 62.3 Å². The molecule has 0 fully saturated rings. The average molecular weight is 751 g/mol. The number of benzene rings is 4. The third-order valence-electron chi connectivity index (χ3n) is 7.68. The number of ether oxygens (including phenoxy) is 7. The lowest BCUT2D eigenvalue weighted by Crippen LogP contribution is -2.10. The Morgan fingerprint density at radius 1 is 0.418 bits per heavy atom. The van der Waals surface area contributed by atoms with Crippen molar-refractivity contribution < 1.29 is 57.1 Å². The van der Waals surface area contributed by atoms with Crippen LogP contribution in [0.15, 0.2) is 122 Å². The maximum absolute atomic E-state index is 12.6. The summed E-state index contributed by atoms with van der Waals surface area (Å²) in [5.41, 5.74) is 1.86. The molecule has 55 heavy (non-hydrogen) atoms. The van der Waals surface area contributed by atoms with Crippen molar-refractivity contribution in [3.63, 3.8) is 0 Å². The van der Waals surface area contributed by atoms with Crippen LogP contribution < -0.4 is 18.9 Å². The van der Waals surface area contributed by atoms with Gasteiger partial charge >= 0.3 is 29.8 Å². The molecule has 4 aromatic rings. The Hall–Kier alpha value is -6.69. The van der Waals surface area contributed by atoms with E-state index in [1.165, 1.54) is 24.3 Å². The summed E-state index contributed by atoms with van der Waals surface area (Å²) < 4.78 is 37.5. The molecule has 0 N–H and O–H groups in total. The van der Waals surface area contributed by atoms with Crippen LogP contribution in [0, 0.1) is 0 Å². The molecule has 12 nitrogen and oxygen atoms in total. The third kappa shape index (κ3) is 14.7. The van der Waals surface area contributed by atoms with E-state index in [4.69, 9.17) is 33.2 Å². The minimum absolute atomic E-state index is 0.122. The van der Waals surface area contributed by atoms with Gasteiger partial charge in [-0.2, -0.15) is 0 Å². The lowest BCUT2D eigenvalue weighted by Gasteiger charge is -2.09. The van der Waals surface area contributed by atoms with Crippen LogP contribution in [0.3, 0.4) is 0 Å². The molecule has 12 heteroatoms.